The Hall–Kier alpha value is -0.120. The maximum atomic E-state index is 6.03. The lowest BCUT2D eigenvalue weighted by molar-refractivity contribution is -0.0778. The van der Waals surface area contributed by atoms with E-state index in [1.54, 1.807) is 0 Å². The average molecular weight is 198 g/mol. The van der Waals surface area contributed by atoms with Crippen LogP contribution < -0.4 is 5.73 Å². The third-order valence-corrected chi connectivity index (χ3v) is 3.48. The standard InChI is InChI=1S/C11H22N2O/c1-2-3-4-13-10-5-9(12)6-11(13)8-14-7-10/h9-11H,2-8,12H2,1H3. The molecule has 0 spiro atoms. The lowest BCUT2D eigenvalue weighted by Gasteiger charge is -2.47. The Labute approximate surface area is 86.6 Å². The van der Waals surface area contributed by atoms with E-state index in [9.17, 15) is 0 Å². The second kappa shape index (κ2) is 4.60. The van der Waals surface area contributed by atoms with Crippen molar-refractivity contribution in [3.05, 3.63) is 0 Å². The zero-order valence-electron chi connectivity index (χ0n) is 9.11. The predicted octanol–water partition coefficient (Wildman–Crippen LogP) is 0.977. The molecule has 2 heterocycles. The van der Waals surface area contributed by atoms with Crippen LogP contribution in [0.1, 0.15) is 32.6 Å². The van der Waals surface area contributed by atoms with Gasteiger partial charge in [0.05, 0.1) is 13.2 Å². The van der Waals surface area contributed by atoms with Gasteiger partial charge in [-0.25, -0.2) is 0 Å². The second-order valence-corrected chi connectivity index (χ2v) is 4.67. The smallest absolute Gasteiger partial charge is 0.0623 e. The Kier molecular flexibility index (Phi) is 3.42. The molecule has 0 aromatic rings. The van der Waals surface area contributed by atoms with E-state index in [4.69, 9.17) is 10.5 Å². The molecule has 2 aliphatic rings. The highest BCUT2D eigenvalue weighted by Gasteiger charge is 2.36. The number of hydrogen-bond acceptors (Lipinski definition) is 3. The third-order valence-electron chi connectivity index (χ3n) is 3.48. The van der Waals surface area contributed by atoms with E-state index < -0.39 is 0 Å². The molecule has 0 radical (unpaired) electrons. The number of hydrogen-bond donors (Lipinski definition) is 1. The number of ether oxygens (including phenoxy) is 1. The highest BCUT2D eigenvalue weighted by atomic mass is 16.5. The Morgan fingerprint density at radius 1 is 1.29 bits per heavy atom. The predicted molar refractivity (Wildman–Crippen MR) is 57.2 cm³/mol. The van der Waals surface area contributed by atoms with Crippen molar-refractivity contribution in [1.29, 1.82) is 0 Å². The Balaban J connectivity index is 1.94. The van der Waals surface area contributed by atoms with Gasteiger partial charge in [-0.1, -0.05) is 13.3 Å². The molecule has 0 aliphatic carbocycles. The van der Waals surface area contributed by atoms with Crippen LogP contribution in [0, 0.1) is 0 Å². The molecule has 2 N–H and O–H groups in total. The molecule has 0 amide bonds. The summed E-state index contributed by atoms with van der Waals surface area (Å²) in [5, 5.41) is 0. The molecule has 0 aromatic heterocycles. The molecule has 82 valence electrons. The minimum Gasteiger partial charge on any atom is -0.378 e. The van der Waals surface area contributed by atoms with Crippen LogP contribution in [0.4, 0.5) is 0 Å². The van der Waals surface area contributed by atoms with E-state index in [1.807, 2.05) is 0 Å². The lowest BCUT2D eigenvalue weighted by atomic mass is 9.90. The highest BCUT2D eigenvalue weighted by molar-refractivity contribution is 4.92. The van der Waals surface area contributed by atoms with Crippen molar-refractivity contribution < 1.29 is 4.74 Å². The maximum Gasteiger partial charge on any atom is 0.0623 e. The minimum absolute atomic E-state index is 0.409. The zero-order valence-corrected chi connectivity index (χ0v) is 9.11. The topological polar surface area (TPSA) is 38.5 Å². The van der Waals surface area contributed by atoms with Crippen LogP contribution >= 0.6 is 0 Å². The van der Waals surface area contributed by atoms with Gasteiger partial charge in [0.25, 0.3) is 0 Å². The summed E-state index contributed by atoms with van der Waals surface area (Å²) in [6, 6.07) is 1.61. The van der Waals surface area contributed by atoms with Gasteiger partial charge in [0.1, 0.15) is 0 Å². The number of fused-ring (bicyclic) bond motifs is 2. The Bertz CT molecular complexity index is 172. The summed E-state index contributed by atoms with van der Waals surface area (Å²) in [6.07, 6.45) is 4.84. The fourth-order valence-electron chi connectivity index (χ4n) is 2.74. The summed E-state index contributed by atoms with van der Waals surface area (Å²) >= 11 is 0. The van der Waals surface area contributed by atoms with Crippen molar-refractivity contribution in [2.75, 3.05) is 19.8 Å². The van der Waals surface area contributed by atoms with Gasteiger partial charge in [-0.05, 0) is 25.8 Å². The second-order valence-electron chi connectivity index (χ2n) is 4.67. The molecule has 0 aromatic carbocycles. The van der Waals surface area contributed by atoms with Gasteiger partial charge in [0, 0.05) is 18.1 Å². The largest absolute Gasteiger partial charge is 0.378 e. The highest BCUT2D eigenvalue weighted by Crippen LogP contribution is 2.26. The first-order valence-electron chi connectivity index (χ1n) is 5.90. The van der Waals surface area contributed by atoms with E-state index in [0.29, 0.717) is 18.1 Å². The van der Waals surface area contributed by atoms with E-state index in [1.165, 1.54) is 19.4 Å². The molecule has 2 fully saturated rings. The maximum absolute atomic E-state index is 6.03. The van der Waals surface area contributed by atoms with Crippen LogP contribution in [0.25, 0.3) is 0 Å². The van der Waals surface area contributed by atoms with Gasteiger partial charge in [-0.2, -0.15) is 0 Å². The molecule has 2 atom stereocenters. The van der Waals surface area contributed by atoms with Crippen LogP contribution in [0.2, 0.25) is 0 Å². The third kappa shape index (κ3) is 2.10. The van der Waals surface area contributed by atoms with Gasteiger partial charge < -0.3 is 10.5 Å². The van der Waals surface area contributed by atoms with E-state index in [2.05, 4.69) is 11.8 Å². The Morgan fingerprint density at radius 2 is 1.93 bits per heavy atom. The normalized spacial score (nSPS) is 38.6. The number of nitrogens with two attached hydrogens (primary N) is 1. The molecule has 2 rings (SSSR count). The van der Waals surface area contributed by atoms with Crippen molar-refractivity contribution in [3.8, 4) is 0 Å². The minimum atomic E-state index is 0.409. The van der Waals surface area contributed by atoms with Gasteiger partial charge in [0.15, 0.2) is 0 Å². The molecular formula is C11H22N2O. The molecule has 2 aliphatic heterocycles. The molecule has 14 heavy (non-hydrogen) atoms. The van der Waals surface area contributed by atoms with Gasteiger partial charge in [0.2, 0.25) is 0 Å². The fourth-order valence-corrected chi connectivity index (χ4v) is 2.74. The van der Waals surface area contributed by atoms with Crippen LogP contribution in [-0.2, 0) is 4.74 Å². The van der Waals surface area contributed by atoms with Crippen molar-refractivity contribution in [1.82, 2.24) is 4.90 Å². The number of morpholine rings is 1. The summed E-state index contributed by atoms with van der Waals surface area (Å²) in [5.74, 6) is 0. The van der Waals surface area contributed by atoms with Crippen molar-refractivity contribution >= 4 is 0 Å². The summed E-state index contributed by atoms with van der Waals surface area (Å²) in [5.41, 5.74) is 6.03. The monoisotopic (exact) mass is 198 g/mol. The summed E-state index contributed by atoms with van der Waals surface area (Å²) in [6.45, 7) is 5.28. The van der Waals surface area contributed by atoms with Gasteiger partial charge in [-0.15, -0.1) is 0 Å². The summed E-state index contributed by atoms with van der Waals surface area (Å²) in [4.78, 5) is 2.64. The van der Waals surface area contributed by atoms with Gasteiger partial charge in [-0.3, -0.25) is 4.90 Å². The number of unbranched alkanes of at least 4 members (excludes halogenated alkanes) is 1. The van der Waals surface area contributed by atoms with Crippen LogP contribution in [0.5, 0.6) is 0 Å². The number of nitrogens with zero attached hydrogens (tertiary/aromatic N) is 1. The number of rotatable bonds is 3. The first-order chi connectivity index (χ1) is 6.81. The molecule has 2 unspecified atom stereocenters. The van der Waals surface area contributed by atoms with Crippen molar-refractivity contribution in [2.24, 2.45) is 5.73 Å². The number of piperidine rings is 1. The lowest BCUT2D eigenvalue weighted by Crippen LogP contribution is -2.59. The molecule has 3 nitrogen and oxygen atoms in total. The summed E-state index contributed by atoms with van der Waals surface area (Å²) in [7, 11) is 0. The molecule has 0 saturated carbocycles. The molecule has 3 heteroatoms. The quantitative estimate of drug-likeness (QED) is 0.734. The molecular weight excluding hydrogens is 176 g/mol. The molecule has 2 bridgehead atoms. The van der Waals surface area contributed by atoms with Gasteiger partial charge >= 0.3 is 0 Å². The first kappa shape index (κ1) is 10.4. The van der Waals surface area contributed by atoms with Crippen LogP contribution in [0.3, 0.4) is 0 Å². The van der Waals surface area contributed by atoms with Crippen molar-refractivity contribution in [3.63, 3.8) is 0 Å². The van der Waals surface area contributed by atoms with E-state index in [0.717, 1.165) is 26.1 Å². The summed E-state index contributed by atoms with van der Waals surface area (Å²) < 4.78 is 5.60. The average Bonchev–Trinajstić information content (AvgIpc) is 2.14. The van der Waals surface area contributed by atoms with E-state index >= 15 is 0 Å². The fraction of sp³-hybridized carbons (Fsp3) is 1.00. The molecule has 2 saturated heterocycles. The SMILES string of the molecule is CCCCN1C2COCC1CC(N)C2. The van der Waals surface area contributed by atoms with Crippen molar-refractivity contribution in [2.45, 2.75) is 50.7 Å². The van der Waals surface area contributed by atoms with E-state index in [-0.39, 0.29) is 0 Å². The Morgan fingerprint density at radius 3 is 2.50 bits per heavy atom. The van der Waals surface area contributed by atoms with Crippen LogP contribution in [-0.4, -0.2) is 42.8 Å². The zero-order chi connectivity index (χ0) is 9.97. The first-order valence-corrected chi connectivity index (χ1v) is 5.90. The van der Waals surface area contributed by atoms with Crippen LogP contribution in [0.15, 0.2) is 0 Å².